The van der Waals surface area contributed by atoms with Gasteiger partial charge in [0, 0.05) is 31.7 Å². The average Bonchev–Trinajstić information content (AvgIpc) is 2.65. The fourth-order valence-corrected chi connectivity index (χ4v) is 3.75. The summed E-state index contributed by atoms with van der Waals surface area (Å²) in [6, 6.07) is 5.38. The first-order chi connectivity index (χ1) is 11.6. The predicted molar refractivity (Wildman–Crippen MR) is 87.6 cm³/mol. The minimum atomic E-state index is -0.529. The fraction of sp³-hybridized carbons (Fsp3) is 0.556. The summed E-state index contributed by atoms with van der Waals surface area (Å²) in [5.74, 6) is -0.228. The Kier molecular flexibility index (Phi) is 5.16. The number of hydroxylamine groups is 1. The van der Waals surface area contributed by atoms with Crippen LogP contribution in [0.4, 0.5) is 0 Å². The molecule has 2 aliphatic rings. The van der Waals surface area contributed by atoms with Gasteiger partial charge in [0.05, 0.1) is 6.10 Å². The number of hydrogen-bond donors (Lipinski definition) is 2. The molecule has 0 aromatic heterocycles. The molecule has 1 saturated carbocycles. The van der Waals surface area contributed by atoms with Crippen LogP contribution in [-0.4, -0.2) is 41.7 Å². The number of benzene rings is 1. The summed E-state index contributed by atoms with van der Waals surface area (Å²) >= 11 is 0. The van der Waals surface area contributed by atoms with Gasteiger partial charge < -0.3 is 9.64 Å². The number of fused-ring (bicyclic) bond motifs is 1. The molecule has 1 aromatic carbocycles. The first kappa shape index (κ1) is 16.9. The Morgan fingerprint density at radius 2 is 1.96 bits per heavy atom. The number of rotatable bonds is 3. The van der Waals surface area contributed by atoms with Crippen LogP contribution in [0.1, 0.15) is 47.2 Å². The third-order valence-corrected chi connectivity index (χ3v) is 5.25. The molecular weight excluding hydrogens is 308 g/mol. The number of methoxy groups -OCH3 is 1. The Bertz CT molecular complexity index is 623. The van der Waals surface area contributed by atoms with E-state index in [2.05, 4.69) is 0 Å². The highest BCUT2D eigenvalue weighted by atomic mass is 16.5. The van der Waals surface area contributed by atoms with Crippen LogP contribution in [0.15, 0.2) is 18.2 Å². The topological polar surface area (TPSA) is 78.9 Å². The lowest BCUT2D eigenvalue weighted by atomic mass is 9.85. The quantitative estimate of drug-likeness (QED) is 0.654. The summed E-state index contributed by atoms with van der Waals surface area (Å²) < 4.78 is 5.37. The van der Waals surface area contributed by atoms with E-state index in [1.165, 1.54) is 0 Å². The smallest absolute Gasteiger partial charge is 0.274 e. The highest BCUT2D eigenvalue weighted by Gasteiger charge is 2.31. The molecule has 24 heavy (non-hydrogen) atoms. The molecule has 1 fully saturated rings. The molecule has 6 heteroatoms. The second-order valence-electron chi connectivity index (χ2n) is 6.64. The Labute approximate surface area is 141 Å². The van der Waals surface area contributed by atoms with E-state index in [4.69, 9.17) is 9.94 Å². The molecule has 1 aliphatic carbocycles. The highest BCUT2D eigenvalue weighted by Crippen LogP contribution is 2.29. The van der Waals surface area contributed by atoms with Crippen molar-refractivity contribution in [2.45, 2.75) is 44.8 Å². The maximum atomic E-state index is 12.8. The lowest BCUT2D eigenvalue weighted by molar-refractivity contribution is -0.138. The van der Waals surface area contributed by atoms with Crippen molar-refractivity contribution >= 4 is 11.8 Å². The Balaban J connectivity index is 1.68. The predicted octanol–water partition coefficient (Wildman–Crippen LogP) is 1.90. The number of nitrogens with zero attached hydrogens (tertiary/aromatic N) is 1. The summed E-state index contributed by atoms with van der Waals surface area (Å²) in [6.07, 6.45) is 4.74. The van der Waals surface area contributed by atoms with Crippen LogP contribution >= 0.6 is 0 Å². The van der Waals surface area contributed by atoms with Crippen LogP contribution in [0, 0.1) is 5.92 Å². The van der Waals surface area contributed by atoms with E-state index in [1.54, 1.807) is 24.7 Å². The molecule has 130 valence electrons. The molecule has 1 aromatic rings. The number of carbonyl (C=O) groups excluding carboxylic acids is 2. The van der Waals surface area contributed by atoms with Crippen molar-refractivity contribution in [3.8, 4) is 0 Å². The summed E-state index contributed by atoms with van der Waals surface area (Å²) in [5.41, 5.74) is 4.21. The van der Waals surface area contributed by atoms with Gasteiger partial charge in [0.15, 0.2) is 0 Å². The van der Waals surface area contributed by atoms with Crippen molar-refractivity contribution in [1.29, 1.82) is 0 Å². The molecule has 1 aliphatic heterocycles. The van der Waals surface area contributed by atoms with Crippen molar-refractivity contribution < 1.29 is 19.5 Å². The summed E-state index contributed by atoms with van der Waals surface area (Å²) in [5, 5.41) is 8.77. The first-order valence-electron chi connectivity index (χ1n) is 8.50. The molecule has 0 unspecified atom stereocenters. The van der Waals surface area contributed by atoms with Crippen LogP contribution in [0.5, 0.6) is 0 Å². The molecule has 2 amide bonds. The molecule has 0 saturated heterocycles. The first-order valence-corrected chi connectivity index (χ1v) is 8.50. The van der Waals surface area contributed by atoms with Crippen LogP contribution in [0.2, 0.25) is 0 Å². The van der Waals surface area contributed by atoms with E-state index in [0.717, 1.165) is 49.8 Å². The monoisotopic (exact) mass is 332 g/mol. The Hall–Kier alpha value is -1.92. The SMILES string of the molecule is COC1CCC(C(=O)N2CCc3ccc(C(=O)NO)cc3C2)CC1. The highest BCUT2D eigenvalue weighted by molar-refractivity contribution is 5.93. The summed E-state index contributed by atoms with van der Waals surface area (Å²) in [6.45, 7) is 1.26. The molecule has 0 atom stereocenters. The maximum absolute atomic E-state index is 12.8. The number of amides is 2. The van der Waals surface area contributed by atoms with E-state index >= 15 is 0 Å². The minimum Gasteiger partial charge on any atom is -0.381 e. The summed E-state index contributed by atoms with van der Waals surface area (Å²) in [7, 11) is 1.73. The second kappa shape index (κ2) is 7.32. The zero-order chi connectivity index (χ0) is 17.1. The van der Waals surface area contributed by atoms with Gasteiger partial charge in [-0.25, -0.2) is 5.48 Å². The lowest BCUT2D eigenvalue weighted by Crippen LogP contribution is -2.41. The van der Waals surface area contributed by atoms with Gasteiger partial charge in [-0.1, -0.05) is 6.07 Å². The van der Waals surface area contributed by atoms with E-state index in [-0.39, 0.29) is 17.9 Å². The normalized spacial score (nSPS) is 23.5. The van der Waals surface area contributed by atoms with Crippen molar-refractivity contribution in [2.24, 2.45) is 5.92 Å². The van der Waals surface area contributed by atoms with E-state index < -0.39 is 5.91 Å². The van der Waals surface area contributed by atoms with Gasteiger partial charge in [0.2, 0.25) is 5.91 Å². The Morgan fingerprint density at radius 3 is 2.62 bits per heavy atom. The number of carbonyl (C=O) groups is 2. The molecule has 2 N–H and O–H groups in total. The molecular formula is C18H24N2O4. The van der Waals surface area contributed by atoms with Gasteiger partial charge >= 0.3 is 0 Å². The van der Waals surface area contributed by atoms with Crippen molar-refractivity contribution in [1.82, 2.24) is 10.4 Å². The second-order valence-corrected chi connectivity index (χ2v) is 6.64. The van der Waals surface area contributed by atoms with E-state index in [1.807, 2.05) is 11.0 Å². The van der Waals surface area contributed by atoms with Gasteiger partial charge in [-0.3, -0.25) is 14.8 Å². The largest absolute Gasteiger partial charge is 0.381 e. The molecule has 6 nitrogen and oxygen atoms in total. The molecule has 0 spiro atoms. The molecule has 1 heterocycles. The average molecular weight is 332 g/mol. The number of nitrogens with one attached hydrogen (secondary N) is 1. The van der Waals surface area contributed by atoms with Crippen LogP contribution < -0.4 is 5.48 Å². The van der Waals surface area contributed by atoms with Gasteiger partial charge in [0.25, 0.3) is 5.91 Å². The van der Waals surface area contributed by atoms with Crippen LogP contribution in [0.25, 0.3) is 0 Å². The number of ether oxygens (including phenoxy) is 1. The third-order valence-electron chi connectivity index (χ3n) is 5.25. The van der Waals surface area contributed by atoms with E-state index in [9.17, 15) is 9.59 Å². The van der Waals surface area contributed by atoms with Crippen LogP contribution in [-0.2, 0) is 22.5 Å². The molecule has 3 rings (SSSR count). The molecule has 0 radical (unpaired) electrons. The standard InChI is InChI=1S/C18H24N2O4/c1-24-16-6-4-13(5-7-16)18(22)20-9-8-12-2-3-14(17(21)19-23)10-15(12)11-20/h2-3,10,13,16,23H,4-9,11H2,1H3,(H,19,21). The van der Waals surface area contributed by atoms with Crippen molar-refractivity contribution in [3.63, 3.8) is 0 Å². The van der Waals surface area contributed by atoms with Gasteiger partial charge in [-0.15, -0.1) is 0 Å². The fourth-order valence-electron chi connectivity index (χ4n) is 3.75. The van der Waals surface area contributed by atoms with E-state index in [0.29, 0.717) is 12.1 Å². The lowest BCUT2D eigenvalue weighted by Gasteiger charge is -2.34. The zero-order valence-electron chi connectivity index (χ0n) is 14.0. The number of hydrogen-bond acceptors (Lipinski definition) is 4. The maximum Gasteiger partial charge on any atom is 0.274 e. The third kappa shape index (κ3) is 3.44. The Morgan fingerprint density at radius 1 is 1.21 bits per heavy atom. The van der Waals surface area contributed by atoms with Gasteiger partial charge in [-0.05, 0) is 55.4 Å². The zero-order valence-corrected chi connectivity index (χ0v) is 14.0. The minimum absolute atomic E-state index is 0.0851. The van der Waals surface area contributed by atoms with Crippen molar-refractivity contribution in [2.75, 3.05) is 13.7 Å². The van der Waals surface area contributed by atoms with Crippen molar-refractivity contribution in [3.05, 3.63) is 34.9 Å². The van der Waals surface area contributed by atoms with Gasteiger partial charge in [-0.2, -0.15) is 0 Å². The van der Waals surface area contributed by atoms with Gasteiger partial charge in [0.1, 0.15) is 0 Å². The van der Waals surface area contributed by atoms with Crippen LogP contribution in [0.3, 0.4) is 0 Å². The molecule has 0 bridgehead atoms. The summed E-state index contributed by atoms with van der Waals surface area (Å²) in [4.78, 5) is 26.3.